The first-order chi connectivity index (χ1) is 15.2. The van der Waals surface area contributed by atoms with Crippen LogP contribution < -0.4 is 14.4 Å². The topological polar surface area (TPSA) is 64.1 Å². The van der Waals surface area contributed by atoms with Gasteiger partial charge in [0, 0.05) is 31.7 Å². The number of aryl methyl sites for hydroxylation is 1. The summed E-state index contributed by atoms with van der Waals surface area (Å²) in [6.07, 6.45) is 0. The number of ether oxygens (including phenoxy) is 3. The molecule has 0 bridgehead atoms. The summed E-state index contributed by atoms with van der Waals surface area (Å²) in [4.78, 5) is 22.6. The van der Waals surface area contributed by atoms with E-state index in [9.17, 15) is 4.79 Å². The lowest BCUT2D eigenvalue weighted by atomic mass is 10.1. The Morgan fingerprint density at radius 1 is 1.10 bits per heavy atom. The molecule has 8 heteroatoms. The van der Waals surface area contributed by atoms with Gasteiger partial charge < -0.3 is 14.2 Å². The molecule has 31 heavy (non-hydrogen) atoms. The van der Waals surface area contributed by atoms with Crippen LogP contribution >= 0.6 is 11.3 Å². The predicted octanol–water partition coefficient (Wildman–Crippen LogP) is 3.35. The molecule has 0 spiro atoms. The number of fused-ring (bicyclic) bond motifs is 2. The van der Waals surface area contributed by atoms with Crippen LogP contribution in [0.5, 0.6) is 11.5 Å². The number of hydrogen-bond acceptors (Lipinski definition) is 7. The number of carbonyl (C=O) groups excluding carboxylic acids is 1. The third-order valence-electron chi connectivity index (χ3n) is 5.62. The predicted molar refractivity (Wildman–Crippen MR) is 121 cm³/mol. The minimum Gasteiger partial charge on any atom is -0.486 e. The van der Waals surface area contributed by atoms with E-state index in [2.05, 4.69) is 11.0 Å². The van der Waals surface area contributed by atoms with E-state index in [1.165, 1.54) is 0 Å². The highest BCUT2D eigenvalue weighted by Gasteiger charge is 2.25. The molecule has 3 heterocycles. The number of hydrogen-bond donors (Lipinski definition) is 0. The van der Waals surface area contributed by atoms with Crippen molar-refractivity contribution in [2.45, 2.75) is 6.92 Å². The van der Waals surface area contributed by atoms with Crippen LogP contribution in [0.3, 0.4) is 0 Å². The third kappa shape index (κ3) is 4.23. The van der Waals surface area contributed by atoms with Gasteiger partial charge in [-0.1, -0.05) is 23.5 Å². The first-order valence-corrected chi connectivity index (χ1v) is 11.4. The Morgan fingerprint density at radius 2 is 1.90 bits per heavy atom. The van der Waals surface area contributed by atoms with Crippen molar-refractivity contribution in [3.8, 4) is 11.5 Å². The second-order valence-corrected chi connectivity index (χ2v) is 8.70. The lowest BCUT2D eigenvalue weighted by molar-refractivity contribution is 0.0391. The molecule has 0 aliphatic carbocycles. The molecule has 1 saturated heterocycles. The molecule has 0 N–H and O–H groups in total. The van der Waals surface area contributed by atoms with E-state index in [1.54, 1.807) is 28.4 Å². The Kier molecular flexibility index (Phi) is 5.76. The van der Waals surface area contributed by atoms with Gasteiger partial charge in [-0.05, 0) is 36.8 Å². The molecule has 2 aliphatic rings. The lowest BCUT2D eigenvalue weighted by Gasteiger charge is -2.29. The van der Waals surface area contributed by atoms with Gasteiger partial charge in [0.25, 0.3) is 5.91 Å². The van der Waals surface area contributed by atoms with Crippen LogP contribution in [0.4, 0.5) is 5.13 Å². The van der Waals surface area contributed by atoms with Crippen molar-refractivity contribution < 1.29 is 19.0 Å². The number of rotatable bonds is 5. The number of anilines is 1. The SMILES string of the molecule is Cc1cccc2sc(N(CCN3CCOCC3)C(=O)c3ccc4c(c3)OCCO4)nc12. The molecule has 5 rings (SSSR count). The average Bonchev–Trinajstić information content (AvgIpc) is 3.25. The lowest BCUT2D eigenvalue weighted by Crippen LogP contribution is -2.43. The Morgan fingerprint density at radius 3 is 2.71 bits per heavy atom. The number of para-hydroxylation sites is 1. The number of nitrogens with zero attached hydrogens (tertiary/aromatic N) is 3. The normalized spacial score (nSPS) is 16.4. The van der Waals surface area contributed by atoms with Gasteiger partial charge in [0.05, 0.1) is 23.4 Å². The van der Waals surface area contributed by atoms with E-state index in [4.69, 9.17) is 19.2 Å². The van der Waals surface area contributed by atoms with E-state index in [1.807, 2.05) is 25.1 Å². The number of carbonyl (C=O) groups is 1. The van der Waals surface area contributed by atoms with Gasteiger partial charge >= 0.3 is 0 Å². The van der Waals surface area contributed by atoms with E-state index < -0.39 is 0 Å². The van der Waals surface area contributed by atoms with E-state index in [0.717, 1.165) is 53.8 Å². The zero-order chi connectivity index (χ0) is 21.2. The second kappa shape index (κ2) is 8.82. The summed E-state index contributed by atoms with van der Waals surface area (Å²) < 4.78 is 17.8. The summed E-state index contributed by atoms with van der Waals surface area (Å²) in [6.45, 7) is 7.62. The molecule has 2 aromatic carbocycles. The maximum absolute atomic E-state index is 13.6. The van der Waals surface area contributed by atoms with Gasteiger partial charge in [-0.3, -0.25) is 14.6 Å². The molecule has 7 nitrogen and oxygen atoms in total. The molecule has 3 aromatic rings. The quantitative estimate of drug-likeness (QED) is 0.608. The molecular formula is C23H25N3O4S. The van der Waals surface area contributed by atoms with Gasteiger partial charge in [0.15, 0.2) is 16.6 Å². The van der Waals surface area contributed by atoms with Gasteiger partial charge in [-0.15, -0.1) is 0 Å². The summed E-state index contributed by atoms with van der Waals surface area (Å²) in [5.74, 6) is 1.21. The molecule has 0 atom stereocenters. The van der Waals surface area contributed by atoms with Crippen molar-refractivity contribution in [1.29, 1.82) is 0 Å². The van der Waals surface area contributed by atoms with Gasteiger partial charge in [0.1, 0.15) is 13.2 Å². The Hall–Kier alpha value is -2.68. The van der Waals surface area contributed by atoms with Crippen molar-refractivity contribution in [3.05, 3.63) is 47.5 Å². The maximum Gasteiger partial charge on any atom is 0.260 e. The Balaban J connectivity index is 1.46. The third-order valence-corrected chi connectivity index (χ3v) is 6.66. The minimum atomic E-state index is -0.0815. The number of aromatic nitrogens is 1. The van der Waals surface area contributed by atoms with E-state index >= 15 is 0 Å². The highest BCUT2D eigenvalue weighted by molar-refractivity contribution is 7.22. The first-order valence-electron chi connectivity index (χ1n) is 10.6. The monoisotopic (exact) mass is 439 g/mol. The summed E-state index contributed by atoms with van der Waals surface area (Å²) in [5.41, 5.74) is 2.64. The van der Waals surface area contributed by atoms with Crippen LogP contribution in [0.1, 0.15) is 15.9 Å². The molecule has 1 aromatic heterocycles. The molecule has 2 aliphatic heterocycles. The number of thiazole rings is 1. The molecule has 1 fully saturated rings. The fourth-order valence-electron chi connectivity index (χ4n) is 3.87. The number of amides is 1. The standard InChI is InChI=1S/C23H25N3O4S/c1-16-3-2-4-20-21(16)24-23(31-20)26(8-7-25-9-11-28-12-10-25)22(27)17-5-6-18-19(15-17)30-14-13-29-18/h2-6,15H,7-14H2,1H3. The van der Waals surface area contributed by atoms with Crippen molar-refractivity contribution in [1.82, 2.24) is 9.88 Å². The summed E-state index contributed by atoms with van der Waals surface area (Å²) in [6, 6.07) is 11.5. The molecule has 0 saturated carbocycles. The highest BCUT2D eigenvalue weighted by Crippen LogP contribution is 2.34. The summed E-state index contributed by atoms with van der Waals surface area (Å²) in [5, 5.41) is 0.720. The zero-order valence-electron chi connectivity index (χ0n) is 17.5. The first kappa shape index (κ1) is 20.2. The van der Waals surface area contributed by atoms with Gasteiger partial charge in [0.2, 0.25) is 0 Å². The molecule has 1 amide bonds. The van der Waals surface area contributed by atoms with E-state index in [-0.39, 0.29) is 5.91 Å². The van der Waals surface area contributed by atoms with Crippen LogP contribution in [0.2, 0.25) is 0 Å². The smallest absolute Gasteiger partial charge is 0.260 e. The van der Waals surface area contributed by atoms with Crippen molar-refractivity contribution in [2.75, 3.05) is 57.5 Å². The zero-order valence-corrected chi connectivity index (χ0v) is 18.3. The van der Waals surface area contributed by atoms with Crippen LogP contribution in [-0.4, -0.2) is 68.4 Å². The maximum atomic E-state index is 13.6. The summed E-state index contributed by atoms with van der Waals surface area (Å²) in [7, 11) is 0. The van der Waals surface area contributed by atoms with Crippen LogP contribution in [0, 0.1) is 6.92 Å². The Bertz CT molecular complexity index is 1090. The van der Waals surface area contributed by atoms with E-state index in [0.29, 0.717) is 36.8 Å². The molecular weight excluding hydrogens is 414 g/mol. The summed E-state index contributed by atoms with van der Waals surface area (Å²) >= 11 is 1.55. The molecule has 0 radical (unpaired) electrons. The fraction of sp³-hybridized carbons (Fsp3) is 0.391. The number of benzene rings is 2. The van der Waals surface area contributed by atoms with Crippen molar-refractivity contribution in [3.63, 3.8) is 0 Å². The largest absolute Gasteiger partial charge is 0.486 e. The van der Waals surface area contributed by atoms with Crippen LogP contribution in [-0.2, 0) is 4.74 Å². The second-order valence-electron chi connectivity index (χ2n) is 7.69. The number of morpholine rings is 1. The molecule has 162 valence electrons. The van der Waals surface area contributed by atoms with Gasteiger partial charge in [-0.2, -0.15) is 0 Å². The Labute approximate surface area is 185 Å². The van der Waals surface area contributed by atoms with Crippen LogP contribution in [0.15, 0.2) is 36.4 Å². The van der Waals surface area contributed by atoms with Crippen LogP contribution in [0.25, 0.3) is 10.2 Å². The highest BCUT2D eigenvalue weighted by atomic mass is 32.1. The molecule has 0 unspecified atom stereocenters. The van der Waals surface area contributed by atoms with Crippen molar-refractivity contribution >= 4 is 32.6 Å². The van der Waals surface area contributed by atoms with Crippen molar-refractivity contribution in [2.24, 2.45) is 0 Å². The fourth-order valence-corrected chi connectivity index (χ4v) is 4.94. The average molecular weight is 440 g/mol. The minimum absolute atomic E-state index is 0.0815. The van der Waals surface area contributed by atoms with Gasteiger partial charge in [-0.25, -0.2) is 4.98 Å².